The number of hydrogen-bond acceptors (Lipinski definition) is 3. The number of hydrogen-bond donors (Lipinski definition) is 3. The maximum absolute atomic E-state index is 12.7. The average Bonchev–Trinajstić information content (AvgIpc) is 2.35. The van der Waals surface area contributed by atoms with Crippen LogP contribution in [0.2, 0.25) is 0 Å². The summed E-state index contributed by atoms with van der Waals surface area (Å²) in [6.07, 6.45) is 0. The third-order valence-corrected chi connectivity index (χ3v) is 2.72. The Bertz CT molecular complexity index is 378. The van der Waals surface area contributed by atoms with E-state index in [0.717, 1.165) is 5.56 Å². The maximum atomic E-state index is 12.7. The van der Waals surface area contributed by atoms with Crippen molar-refractivity contribution in [3.8, 4) is 0 Å². The van der Waals surface area contributed by atoms with E-state index in [1.165, 1.54) is 12.1 Å². The highest BCUT2D eigenvalue weighted by Crippen LogP contribution is 2.13. The Hall–Kier alpha value is -1.62. The summed E-state index contributed by atoms with van der Waals surface area (Å²) in [6, 6.07) is 6.42. The summed E-state index contributed by atoms with van der Waals surface area (Å²) >= 11 is 0. The molecule has 0 radical (unpaired) electrons. The Labute approximate surface area is 100 Å². The van der Waals surface area contributed by atoms with Gasteiger partial charge in [0.05, 0.1) is 0 Å². The number of benzene rings is 1. The van der Waals surface area contributed by atoms with E-state index in [4.69, 9.17) is 10.9 Å². The Morgan fingerprint density at radius 1 is 1.41 bits per heavy atom. The number of amidine groups is 1. The Morgan fingerprint density at radius 2 is 2.00 bits per heavy atom. The van der Waals surface area contributed by atoms with Crippen LogP contribution in [0.1, 0.15) is 25.5 Å². The van der Waals surface area contributed by atoms with Crippen LogP contribution in [-0.2, 0) is 0 Å². The minimum Gasteiger partial charge on any atom is -0.409 e. The monoisotopic (exact) mass is 239 g/mol. The van der Waals surface area contributed by atoms with Gasteiger partial charge in [0.15, 0.2) is 0 Å². The third kappa shape index (κ3) is 4.03. The summed E-state index contributed by atoms with van der Waals surface area (Å²) in [5.41, 5.74) is 6.47. The molecule has 2 atom stereocenters. The van der Waals surface area contributed by atoms with E-state index in [2.05, 4.69) is 10.5 Å². The highest BCUT2D eigenvalue weighted by atomic mass is 19.1. The summed E-state index contributed by atoms with van der Waals surface area (Å²) in [4.78, 5) is 0. The van der Waals surface area contributed by atoms with Crippen LogP contribution in [0.5, 0.6) is 0 Å². The van der Waals surface area contributed by atoms with Crippen LogP contribution in [0, 0.1) is 11.7 Å². The molecule has 0 saturated heterocycles. The normalized spacial score (nSPS) is 15.6. The lowest BCUT2D eigenvalue weighted by atomic mass is 10.1. The van der Waals surface area contributed by atoms with Crippen LogP contribution in [0.25, 0.3) is 0 Å². The summed E-state index contributed by atoms with van der Waals surface area (Å²) in [7, 11) is 0. The number of nitrogens with zero attached hydrogens (tertiary/aromatic N) is 1. The molecule has 5 heteroatoms. The quantitative estimate of drug-likeness (QED) is 0.318. The molecule has 1 unspecified atom stereocenters. The molecule has 0 fully saturated rings. The van der Waals surface area contributed by atoms with Crippen LogP contribution < -0.4 is 11.1 Å². The van der Waals surface area contributed by atoms with Crippen LogP contribution in [-0.4, -0.2) is 17.6 Å². The minimum atomic E-state index is -0.244. The van der Waals surface area contributed by atoms with E-state index in [-0.39, 0.29) is 23.6 Å². The van der Waals surface area contributed by atoms with Gasteiger partial charge in [0.2, 0.25) is 0 Å². The molecule has 0 spiro atoms. The molecule has 4 nitrogen and oxygen atoms in total. The first-order valence-corrected chi connectivity index (χ1v) is 5.51. The van der Waals surface area contributed by atoms with Crippen molar-refractivity contribution in [2.45, 2.75) is 19.9 Å². The SMILES string of the molecule is CC(CN[C@H](C)c1ccc(F)cc1)/C(N)=N/O. The predicted octanol–water partition coefficient (Wildman–Crippen LogP) is 1.86. The first-order valence-electron chi connectivity index (χ1n) is 5.51. The maximum Gasteiger partial charge on any atom is 0.143 e. The van der Waals surface area contributed by atoms with E-state index in [9.17, 15) is 4.39 Å². The van der Waals surface area contributed by atoms with Gasteiger partial charge in [-0.3, -0.25) is 0 Å². The van der Waals surface area contributed by atoms with Crippen molar-refractivity contribution in [2.24, 2.45) is 16.8 Å². The fourth-order valence-electron chi connectivity index (χ4n) is 1.43. The van der Waals surface area contributed by atoms with Crippen molar-refractivity contribution >= 4 is 5.84 Å². The van der Waals surface area contributed by atoms with Crippen LogP contribution >= 0.6 is 0 Å². The first-order chi connectivity index (χ1) is 8.04. The Morgan fingerprint density at radius 3 is 2.53 bits per heavy atom. The molecule has 0 amide bonds. The van der Waals surface area contributed by atoms with Crippen molar-refractivity contribution in [1.29, 1.82) is 0 Å². The number of nitrogens with one attached hydrogen (secondary N) is 1. The number of rotatable bonds is 5. The molecule has 0 aliphatic rings. The van der Waals surface area contributed by atoms with Crippen LogP contribution in [0.4, 0.5) is 4.39 Å². The van der Waals surface area contributed by atoms with Gasteiger partial charge < -0.3 is 16.3 Å². The zero-order valence-electron chi connectivity index (χ0n) is 10.0. The van der Waals surface area contributed by atoms with Gasteiger partial charge in [0.25, 0.3) is 0 Å². The molecule has 0 saturated carbocycles. The number of halogens is 1. The highest BCUT2D eigenvalue weighted by Gasteiger charge is 2.10. The predicted molar refractivity (Wildman–Crippen MR) is 65.4 cm³/mol. The standard InChI is InChI=1S/C12H18FN3O/c1-8(12(14)16-17)7-15-9(2)10-3-5-11(13)6-4-10/h3-6,8-9,15,17H,7H2,1-2H3,(H2,14,16)/t8?,9-/m1/s1. The van der Waals surface area contributed by atoms with E-state index in [1.54, 1.807) is 12.1 Å². The van der Waals surface area contributed by atoms with Crippen molar-refractivity contribution < 1.29 is 9.60 Å². The molecule has 94 valence electrons. The molecule has 0 bridgehead atoms. The second kappa shape index (κ2) is 6.20. The van der Waals surface area contributed by atoms with Gasteiger partial charge in [-0.25, -0.2) is 4.39 Å². The fourth-order valence-corrected chi connectivity index (χ4v) is 1.43. The van der Waals surface area contributed by atoms with Gasteiger partial charge in [-0.1, -0.05) is 24.2 Å². The molecule has 0 aliphatic heterocycles. The molecule has 0 heterocycles. The van der Waals surface area contributed by atoms with Gasteiger partial charge in [-0.2, -0.15) is 0 Å². The Balaban J connectivity index is 2.50. The molecular formula is C12H18FN3O. The van der Waals surface area contributed by atoms with E-state index in [0.29, 0.717) is 6.54 Å². The van der Waals surface area contributed by atoms with E-state index < -0.39 is 0 Å². The van der Waals surface area contributed by atoms with Crippen molar-refractivity contribution in [3.63, 3.8) is 0 Å². The zero-order valence-corrected chi connectivity index (χ0v) is 10.0. The molecule has 1 rings (SSSR count). The minimum absolute atomic E-state index is 0.0529. The molecule has 1 aromatic carbocycles. The first kappa shape index (κ1) is 13.4. The molecular weight excluding hydrogens is 221 g/mol. The topological polar surface area (TPSA) is 70.6 Å². The number of nitrogens with two attached hydrogens (primary N) is 1. The fraction of sp³-hybridized carbons (Fsp3) is 0.417. The molecule has 0 aromatic heterocycles. The van der Waals surface area contributed by atoms with Crippen LogP contribution in [0.3, 0.4) is 0 Å². The molecule has 1 aromatic rings. The summed E-state index contributed by atoms with van der Waals surface area (Å²) in [6.45, 7) is 4.43. The lowest BCUT2D eigenvalue weighted by Gasteiger charge is -2.17. The highest BCUT2D eigenvalue weighted by molar-refractivity contribution is 5.82. The van der Waals surface area contributed by atoms with E-state index in [1.807, 2.05) is 13.8 Å². The largest absolute Gasteiger partial charge is 0.409 e. The summed E-state index contributed by atoms with van der Waals surface area (Å²) < 4.78 is 12.7. The lowest BCUT2D eigenvalue weighted by molar-refractivity contribution is 0.313. The molecule has 4 N–H and O–H groups in total. The van der Waals surface area contributed by atoms with Gasteiger partial charge in [0.1, 0.15) is 11.7 Å². The van der Waals surface area contributed by atoms with Gasteiger partial charge in [-0.15, -0.1) is 0 Å². The van der Waals surface area contributed by atoms with Gasteiger partial charge in [-0.05, 0) is 24.6 Å². The second-order valence-electron chi connectivity index (χ2n) is 4.11. The van der Waals surface area contributed by atoms with Crippen molar-refractivity contribution in [3.05, 3.63) is 35.6 Å². The smallest absolute Gasteiger partial charge is 0.143 e. The Kier molecular flexibility index (Phi) is 4.90. The third-order valence-electron chi connectivity index (χ3n) is 2.72. The van der Waals surface area contributed by atoms with Gasteiger partial charge >= 0.3 is 0 Å². The number of oxime groups is 1. The van der Waals surface area contributed by atoms with Gasteiger partial charge in [0, 0.05) is 18.5 Å². The lowest BCUT2D eigenvalue weighted by Crippen LogP contribution is -2.32. The molecule has 0 aliphatic carbocycles. The zero-order chi connectivity index (χ0) is 12.8. The summed E-state index contributed by atoms with van der Waals surface area (Å²) in [5, 5.41) is 14.7. The summed E-state index contributed by atoms with van der Waals surface area (Å²) in [5.74, 6) is -0.0994. The second-order valence-corrected chi connectivity index (χ2v) is 4.11. The van der Waals surface area contributed by atoms with Crippen molar-refractivity contribution in [2.75, 3.05) is 6.54 Å². The van der Waals surface area contributed by atoms with Crippen molar-refractivity contribution in [1.82, 2.24) is 5.32 Å². The van der Waals surface area contributed by atoms with E-state index >= 15 is 0 Å². The van der Waals surface area contributed by atoms with Crippen LogP contribution in [0.15, 0.2) is 29.4 Å². The average molecular weight is 239 g/mol. The molecule has 17 heavy (non-hydrogen) atoms.